The molecule has 1 atom stereocenters. The van der Waals surface area contributed by atoms with E-state index in [1.165, 1.54) is 4.90 Å². The first kappa shape index (κ1) is 17.3. The molecule has 7 nitrogen and oxygen atoms in total. The smallest absolute Gasteiger partial charge is 0.414 e. The van der Waals surface area contributed by atoms with Crippen molar-refractivity contribution in [2.75, 3.05) is 23.4 Å². The molecule has 3 amide bonds. The minimum Gasteiger partial charge on any atom is -0.447 e. The first-order valence-corrected chi connectivity index (χ1v) is 8.70. The van der Waals surface area contributed by atoms with Crippen LogP contribution in [0, 0.1) is 5.92 Å². The van der Waals surface area contributed by atoms with E-state index in [4.69, 9.17) is 4.74 Å². The van der Waals surface area contributed by atoms with Crippen LogP contribution in [-0.2, 0) is 14.3 Å². The molecule has 2 N–H and O–H groups in total. The second kappa shape index (κ2) is 7.55. The van der Waals surface area contributed by atoms with Crippen LogP contribution < -0.4 is 15.5 Å². The molecule has 0 bridgehead atoms. The van der Waals surface area contributed by atoms with Crippen LogP contribution in [0.25, 0.3) is 0 Å². The summed E-state index contributed by atoms with van der Waals surface area (Å²) in [6.07, 6.45) is 3.55. The topological polar surface area (TPSA) is 87.7 Å². The van der Waals surface area contributed by atoms with Gasteiger partial charge in [-0.15, -0.1) is 0 Å². The van der Waals surface area contributed by atoms with Gasteiger partial charge >= 0.3 is 6.09 Å². The van der Waals surface area contributed by atoms with E-state index >= 15 is 0 Å². The number of hydrogen-bond acceptors (Lipinski definition) is 4. The number of rotatable bonds is 5. The molecular formula is C18H23N3O4. The highest BCUT2D eigenvalue weighted by atomic mass is 16.6. The molecule has 3 rings (SSSR count). The molecule has 0 unspecified atom stereocenters. The van der Waals surface area contributed by atoms with Crippen molar-refractivity contribution in [3.05, 3.63) is 24.3 Å². The van der Waals surface area contributed by atoms with Gasteiger partial charge in [-0.1, -0.05) is 18.9 Å². The van der Waals surface area contributed by atoms with Crippen LogP contribution in [0.1, 0.15) is 32.6 Å². The number of amides is 3. The monoisotopic (exact) mass is 345 g/mol. The first-order chi connectivity index (χ1) is 12.0. The summed E-state index contributed by atoms with van der Waals surface area (Å²) in [7, 11) is 0. The van der Waals surface area contributed by atoms with Gasteiger partial charge in [0.1, 0.15) is 12.6 Å². The zero-order chi connectivity index (χ0) is 17.8. The molecule has 2 aliphatic rings. The highest BCUT2D eigenvalue weighted by molar-refractivity contribution is 5.98. The summed E-state index contributed by atoms with van der Waals surface area (Å²) in [5.74, 6) is -0.305. The number of benzene rings is 1. The maximum atomic E-state index is 12.3. The van der Waals surface area contributed by atoms with E-state index in [2.05, 4.69) is 10.6 Å². The van der Waals surface area contributed by atoms with Crippen LogP contribution in [0.5, 0.6) is 0 Å². The fourth-order valence-corrected chi connectivity index (χ4v) is 3.21. The number of ether oxygens (including phenoxy) is 1. The van der Waals surface area contributed by atoms with E-state index in [0.717, 1.165) is 25.7 Å². The van der Waals surface area contributed by atoms with Gasteiger partial charge in [-0.25, -0.2) is 4.79 Å². The van der Waals surface area contributed by atoms with Gasteiger partial charge in [0.25, 0.3) is 0 Å². The van der Waals surface area contributed by atoms with Gasteiger partial charge in [-0.05, 0) is 38.0 Å². The summed E-state index contributed by atoms with van der Waals surface area (Å²) in [4.78, 5) is 37.6. The average Bonchev–Trinajstić information content (AvgIpc) is 3.26. The van der Waals surface area contributed by atoms with Gasteiger partial charge in [0.15, 0.2) is 0 Å². The molecule has 134 valence electrons. The van der Waals surface area contributed by atoms with Crippen LogP contribution in [0.4, 0.5) is 16.2 Å². The van der Waals surface area contributed by atoms with Gasteiger partial charge in [0.05, 0.1) is 6.54 Å². The Morgan fingerprint density at radius 3 is 2.72 bits per heavy atom. The van der Waals surface area contributed by atoms with Crippen LogP contribution >= 0.6 is 0 Å². The lowest BCUT2D eigenvalue weighted by Crippen LogP contribution is -2.43. The van der Waals surface area contributed by atoms with Crippen molar-refractivity contribution >= 4 is 29.3 Å². The lowest BCUT2D eigenvalue weighted by molar-refractivity contribution is -0.128. The number of cyclic esters (lactones) is 1. The third-order valence-electron chi connectivity index (χ3n) is 4.66. The minimum absolute atomic E-state index is 0.0276. The summed E-state index contributed by atoms with van der Waals surface area (Å²) in [6, 6.07) is 6.39. The van der Waals surface area contributed by atoms with Crippen molar-refractivity contribution in [2.24, 2.45) is 5.92 Å². The zero-order valence-electron chi connectivity index (χ0n) is 14.3. The highest BCUT2D eigenvalue weighted by Gasteiger charge is 2.26. The van der Waals surface area contributed by atoms with Crippen molar-refractivity contribution in [2.45, 2.75) is 38.6 Å². The van der Waals surface area contributed by atoms with Crippen molar-refractivity contribution in [3.63, 3.8) is 0 Å². The summed E-state index contributed by atoms with van der Waals surface area (Å²) in [5, 5.41) is 5.57. The number of carbonyl (C=O) groups is 3. The minimum atomic E-state index is -0.617. The molecule has 1 saturated carbocycles. The third kappa shape index (κ3) is 4.10. The largest absolute Gasteiger partial charge is 0.447 e. The lowest BCUT2D eigenvalue weighted by Gasteiger charge is -2.18. The van der Waals surface area contributed by atoms with E-state index < -0.39 is 6.04 Å². The van der Waals surface area contributed by atoms with E-state index in [1.54, 1.807) is 31.2 Å². The number of nitrogens with one attached hydrogen (secondary N) is 2. The molecule has 0 radical (unpaired) electrons. The number of hydrogen-bond donors (Lipinski definition) is 2. The quantitative estimate of drug-likeness (QED) is 0.857. The Hall–Kier alpha value is -2.57. The molecule has 7 heteroatoms. The van der Waals surface area contributed by atoms with Gasteiger partial charge in [0, 0.05) is 17.3 Å². The molecule has 1 aliphatic heterocycles. The van der Waals surface area contributed by atoms with E-state index in [9.17, 15) is 14.4 Å². The van der Waals surface area contributed by atoms with E-state index in [-0.39, 0.29) is 23.8 Å². The van der Waals surface area contributed by atoms with Crippen molar-refractivity contribution in [1.82, 2.24) is 5.32 Å². The maximum absolute atomic E-state index is 12.3. The average molecular weight is 345 g/mol. The number of anilines is 2. The molecule has 1 aromatic rings. The molecule has 2 fully saturated rings. The van der Waals surface area contributed by atoms with Crippen molar-refractivity contribution in [1.29, 1.82) is 0 Å². The Morgan fingerprint density at radius 1 is 1.28 bits per heavy atom. The zero-order valence-corrected chi connectivity index (χ0v) is 14.3. The van der Waals surface area contributed by atoms with Crippen LogP contribution in [-0.4, -0.2) is 37.1 Å². The summed E-state index contributed by atoms with van der Waals surface area (Å²) in [6.45, 7) is 2.52. The van der Waals surface area contributed by atoms with Gasteiger partial charge in [0.2, 0.25) is 11.8 Å². The fourth-order valence-electron chi connectivity index (χ4n) is 3.21. The predicted molar refractivity (Wildman–Crippen MR) is 93.3 cm³/mol. The van der Waals surface area contributed by atoms with E-state index in [0.29, 0.717) is 24.5 Å². The second-order valence-corrected chi connectivity index (χ2v) is 6.52. The summed E-state index contributed by atoms with van der Waals surface area (Å²) in [5.41, 5.74) is 1.24. The standard InChI is InChI=1S/C18H23N3O4/c1-12(19-17(23)13-5-2-3-6-13)16(22)20-14-7-4-8-15(11-14)21-9-10-25-18(21)24/h4,7-8,11-13H,2-3,5-6,9-10H2,1H3,(H,19,23)(H,20,22)/t12-/m1/s1. The van der Waals surface area contributed by atoms with E-state index in [1.807, 2.05) is 0 Å². The Labute approximate surface area is 146 Å². The van der Waals surface area contributed by atoms with Gasteiger partial charge in [-0.2, -0.15) is 0 Å². The predicted octanol–water partition coefficient (Wildman–Crippen LogP) is 2.28. The van der Waals surface area contributed by atoms with Crippen LogP contribution in [0.3, 0.4) is 0 Å². The van der Waals surface area contributed by atoms with Gasteiger partial charge in [-0.3, -0.25) is 14.5 Å². The van der Waals surface area contributed by atoms with Crippen molar-refractivity contribution < 1.29 is 19.1 Å². The molecule has 1 aromatic carbocycles. The summed E-state index contributed by atoms with van der Waals surface area (Å²) < 4.78 is 4.92. The Kier molecular flexibility index (Phi) is 5.21. The molecule has 1 aliphatic carbocycles. The fraction of sp³-hybridized carbons (Fsp3) is 0.500. The van der Waals surface area contributed by atoms with Crippen LogP contribution in [0.2, 0.25) is 0 Å². The SMILES string of the molecule is C[C@@H](NC(=O)C1CCCC1)C(=O)Nc1cccc(N2CCOC2=O)c1. The molecule has 0 aromatic heterocycles. The highest BCUT2D eigenvalue weighted by Crippen LogP contribution is 2.25. The number of nitrogens with zero attached hydrogens (tertiary/aromatic N) is 1. The molecule has 1 saturated heterocycles. The Balaban J connectivity index is 1.58. The molecule has 1 heterocycles. The number of carbonyl (C=O) groups excluding carboxylic acids is 3. The molecule has 25 heavy (non-hydrogen) atoms. The third-order valence-corrected chi connectivity index (χ3v) is 4.66. The van der Waals surface area contributed by atoms with Crippen molar-refractivity contribution in [3.8, 4) is 0 Å². The Bertz CT molecular complexity index is 670. The maximum Gasteiger partial charge on any atom is 0.414 e. The van der Waals surface area contributed by atoms with Gasteiger partial charge < -0.3 is 15.4 Å². The summed E-state index contributed by atoms with van der Waals surface area (Å²) >= 11 is 0. The normalized spacial score (nSPS) is 18.8. The van der Waals surface area contributed by atoms with Crippen LogP contribution in [0.15, 0.2) is 24.3 Å². The molecule has 0 spiro atoms. The second-order valence-electron chi connectivity index (χ2n) is 6.52. The Morgan fingerprint density at radius 2 is 2.04 bits per heavy atom. The lowest BCUT2D eigenvalue weighted by atomic mass is 10.1. The molecular weight excluding hydrogens is 322 g/mol. The first-order valence-electron chi connectivity index (χ1n) is 8.70.